The first kappa shape index (κ1) is 25.6. The molecule has 2 atom stereocenters. The lowest BCUT2D eigenvalue weighted by Gasteiger charge is -2.36. The summed E-state index contributed by atoms with van der Waals surface area (Å²) >= 11 is 12.4. The molecule has 2 unspecified atom stereocenters. The second kappa shape index (κ2) is 11.2. The predicted molar refractivity (Wildman–Crippen MR) is 151 cm³/mol. The van der Waals surface area contributed by atoms with Crippen molar-refractivity contribution in [2.75, 3.05) is 13.2 Å². The summed E-state index contributed by atoms with van der Waals surface area (Å²) in [5.41, 5.74) is 4.43. The van der Waals surface area contributed by atoms with Crippen molar-refractivity contribution >= 4 is 29.3 Å². The third-order valence-corrected chi connectivity index (χ3v) is 7.84. The first-order chi connectivity index (χ1) is 19.0. The molecule has 7 nitrogen and oxygen atoms in total. The predicted octanol–water partition coefficient (Wildman–Crippen LogP) is 6.84. The summed E-state index contributed by atoms with van der Waals surface area (Å²) < 4.78 is 13.8. The van der Waals surface area contributed by atoms with Crippen LogP contribution in [0.25, 0.3) is 0 Å². The van der Waals surface area contributed by atoms with Gasteiger partial charge in [-0.1, -0.05) is 35.3 Å². The van der Waals surface area contributed by atoms with E-state index in [1.807, 2.05) is 47.2 Å². The molecular weight excluding hydrogens is 535 g/mol. The van der Waals surface area contributed by atoms with E-state index in [0.717, 1.165) is 53.5 Å². The van der Waals surface area contributed by atoms with Crippen LogP contribution < -0.4 is 14.8 Å². The maximum Gasteiger partial charge on any atom is 0.416 e. The van der Waals surface area contributed by atoms with Crippen molar-refractivity contribution in [2.45, 2.75) is 31.8 Å². The van der Waals surface area contributed by atoms with E-state index < -0.39 is 6.09 Å². The summed E-state index contributed by atoms with van der Waals surface area (Å²) in [6, 6.07) is 14.5. The molecule has 0 radical (unpaired) electrons. The highest BCUT2D eigenvalue weighted by Gasteiger charge is 2.42. The Kier molecular flexibility index (Phi) is 7.35. The minimum Gasteiger partial charge on any atom is -0.494 e. The number of imidazole rings is 1. The molecule has 200 valence electrons. The van der Waals surface area contributed by atoms with E-state index in [-0.39, 0.29) is 12.0 Å². The Labute approximate surface area is 237 Å². The molecule has 3 heterocycles. The van der Waals surface area contributed by atoms with Crippen LogP contribution in [0, 0.1) is 5.92 Å². The summed E-state index contributed by atoms with van der Waals surface area (Å²) in [5.74, 6) is 1.46. The number of nitrogens with one attached hydrogen (secondary N) is 1. The van der Waals surface area contributed by atoms with E-state index in [0.29, 0.717) is 23.9 Å². The van der Waals surface area contributed by atoms with Crippen LogP contribution in [0.5, 0.6) is 11.5 Å². The number of amides is 1. The maximum atomic E-state index is 13.5. The van der Waals surface area contributed by atoms with Gasteiger partial charge in [-0.3, -0.25) is 4.90 Å². The Morgan fingerprint density at radius 1 is 1.05 bits per heavy atom. The quantitative estimate of drug-likeness (QED) is 0.319. The minimum absolute atomic E-state index is 0.215. The van der Waals surface area contributed by atoms with Crippen LogP contribution in [0.3, 0.4) is 0 Å². The van der Waals surface area contributed by atoms with E-state index in [1.54, 1.807) is 41.7 Å². The van der Waals surface area contributed by atoms with Gasteiger partial charge in [-0.2, -0.15) is 0 Å². The highest BCUT2D eigenvalue weighted by Crippen LogP contribution is 2.47. The first-order valence-electron chi connectivity index (χ1n) is 13.0. The molecule has 1 aliphatic carbocycles. The van der Waals surface area contributed by atoms with Gasteiger partial charge in [-0.15, -0.1) is 0 Å². The van der Waals surface area contributed by atoms with Crippen LogP contribution in [-0.2, 0) is 6.54 Å². The average Bonchev–Trinajstić information content (AvgIpc) is 3.60. The SMILES string of the molecule is O=C(Oc1ccc(Cl)cc1)N1CCC2=C(NC3=CC=C(Cl)CC32)C1c1ccc(OCCCn2ccnc2)cc1. The largest absolute Gasteiger partial charge is 0.494 e. The number of rotatable bonds is 7. The van der Waals surface area contributed by atoms with Gasteiger partial charge in [0.05, 0.1) is 12.9 Å². The molecule has 1 N–H and O–H groups in total. The highest BCUT2D eigenvalue weighted by molar-refractivity contribution is 6.30. The van der Waals surface area contributed by atoms with E-state index in [2.05, 4.69) is 10.3 Å². The minimum atomic E-state index is -0.407. The molecule has 0 spiro atoms. The molecular formula is C30H28Cl2N4O3. The van der Waals surface area contributed by atoms with Gasteiger partial charge in [0, 0.05) is 52.9 Å². The topological polar surface area (TPSA) is 68.6 Å². The molecule has 6 rings (SSSR count). The summed E-state index contributed by atoms with van der Waals surface area (Å²) in [6.45, 7) is 1.99. The second-order valence-electron chi connectivity index (χ2n) is 9.80. The normalized spacial score (nSPS) is 20.0. The van der Waals surface area contributed by atoms with Crippen LogP contribution >= 0.6 is 23.2 Å². The Bertz CT molecular complexity index is 1430. The van der Waals surface area contributed by atoms with Gasteiger partial charge in [-0.05, 0) is 78.9 Å². The van der Waals surface area contributed by atoms with Gasteiger partial charge >= 0.3 is 6.09 Å². The van der Waals surface area contributed by atoms with Gasteiger partial charge in [0.1, 0.15) is 17.5 Å². The number of halogens is 2. The lowest BCUT2D eigenvalue weighted by molar-refractivity contribution is 0.134. The second-order valence-corrected chi connectivity index (χ2v) is 10.7. The molecule has 0 bridgehead atoms. The van der Waals surface area contributed by atoms with Gasteiger partial charge in [0.15, 0.2) is 0 Å². The molecule has 9 heteroatoms. The van der Waals surface area contributed by atoms with Gasteiger partial charge in [0.25, 0.3) is 0 Å². The molecule has 3 aliphatic rings. The van der Waals surface area contributed by atoms with Crippen LogP contribution in [0.15, 0.2) is 101 Å². The molecule has 39 heavy (non-hydrogen) atoms. The lowest BCUT2D eigenvalue weighted by Crippen LogP contribution is -2.42. The fourth-order valence-electron chi connectivity index (χ4n) is 5.42. The highest BCUT2D eigenvalue weighted by atomic mass is 35.5. The van der Waals surface area contributed by atoms with Crippen LogP contribution in [-0.4, -0.2) is 33.7 Å². The van der Waals surface area contributed by atoms with Crippen molar-refractivity contribution in [3.05, 3.63) is 112 Å². The van der Waals surface area contributed by atoms with Gasteiger partial charge < -0.3 is 19.4 Å². The van der Waals surface area contributed by atoms with Crippen molar-refractivity contribution in [3.8, 4) is 11.5 Å². The zero-order valence-electron chi connectivity index (χ0n) is 21.2. The number of benzene rings is 2. The van der Waals surface area contributed by atoms with E-state index in [4.69, 9.17) is 32.7 Å². The number of allylic oxidation sites excluding steroid dienone is 4. The molecule has 1 amide bonds. The summed E-state index contributed by atoms with van der Waals surface area (Å²) in [4.78, 5) is 19.3. The zero-order chi connectivity index (χ0) is 26.8. The number of carbonyl (C=O) groups is 1. The van der Waals surface area contributed by atoms with Crippen molar-refractivity contribution in [3.63, 3.8) is 0 Å². The number of fused-ring (bicyclic) bond motifs is 2. The summed E-state index contributed by atoms with van der Waals surface area (Å²) in [6.07, 6.45) is 11.5. The van der Waals surface area contributed by atoms with Crippen LogP contribution in [0.1, 0.15) is 30.9 Å². The first-order valence-corrected chi connectivity index (χ1v) is 13.8. The van der Waals surface area contributed by atoms with Gasteiger partial charge in [-0.25, -0.2) is 9.78 Å². The molecule has 0 saturated heterocycles. The Hall–Kier alpha value is -3.68. The van der Waals surface area contributed by atoms with Crippen LogP contribution in [0.2, 0.25) is 5.02 Å². The van der Waals surface area contributed by atoms with E-state index in [9.17, 15) is 4.79 Å². The smallest absolute Gasteiger partial charge is 0.416 e. The number of hydrogen-bond donors (Lipinski definition) is 1. The monoisotopic (exact) mass is 562 g/mol. The zero-order valence-corrected chi connectivity index (χ0v) is 22.7. The average molecular weight is 563 g/mol. The number of nitrogens with zero attached hydrogens (tertiary/aromatic N) is 3. The van der Waals surface area contributed by atoms with Crippen molar-refractivity contribution in [1.82, 2.24) is 19.8 Å². The van der Waals surface area contributed by atoms with Gasteiger partial charge in [0.2, 0.25) is 0 Å². The Balaban J connectivity index is 1.22. The number of hydrogen-bond acceptors (Lipinski definition) is 5. The fourth-order valence-corrected chi connectivity index (χ4v) is 5.76. The maximum absolute atomic E-state index is 13.5. The standard InChI is InChI=1S/C30H28Cl2N4O3/c31-21-4-9-24(10-5-21)39-30(37)36-15-12-25-26-18-22(32)6-11-27(26)34-28(25)29(36)20-2-7-23(8-3-20)38-17-1-14-35-16-13-33-19-35/h2-11,13,16,19,26,29,34H,1,12,14-15,17-18H2. The Morgan fingerprint density at radius 2 is 1.85 bits per heavy atom. The third kappa shape index (κ3) is 5.56. The van der Waals surface area contributed by atoms with Crippen molar-refractivity contribution in [2.24, 2.45) is 5.92 Å². The summed E-state index contributed by atoms with van der Waals surface area (Å²) in [7, 11) is 0. The number of carbonyl (C=O) groups excluding carboxylic acids is 1. The molecule has 0 fully saturated rings. The lowest BCUT2D eigenvalue weighted by atomic mass is 9.85. The van der Waals surface area contributed by atoms with E-state index in [1.165, 1.54) is 5.57 Å². The molecule has 3 aromatic rings. The third-order valence-electron chi connectivity index (χ3n) is 7.31. The molecule has 0 saturated carbocycles. The molecule has 2 aromatic carbocycles. The number of ether oxygens (including phenoxy) is 2. The fraction of sp³-hybridized carbons (Fsp3) is 0.267. The Morgan fingerprint density at radius 3 is 2.62 bits per heavy atom. The summed E-state index contributed by atoms with van der Waals surface area (Å²) in [5, 5.41) is 5.05. The number of aromatic nitrogens is 2. The number of aryl methyl sites for hydroxylation is 1. The van der Waals surface area contributed by atoms with Crippen molar-refractivity contribution in [1.29, 1.82) is 0 Å². The van der Waals surface area contributed by atoms with Crippen LogP contribution in [0.4, 0.5) is 4.79 Å². The van der Waals surface area contributed by atoms with Crippen molar-refractivity contribution < 1.29 is 14.3 Å². The van der Waals surface area contributed by atoms with E-state index >= 15 is 0 Å². The molecule has 2 aliphatic heterocycles. The molecule has 1 aromatic heterocycles.